The van der Waals surface area contributed by atoms with E-state index in [0.717, 1.165) is 38.2 Å². The lowest BCUT2D eigenvalue weighted by Crippen LogP contribution is -2.39. The maximum atomic E-state index is 14.7. The number of halogens is 2. The lowest BCUT2D eigenvalue weighted by atomic mass is 9.93. The number of hydrogen-bond acceptors (Lipinski definition) is 4. The molecule has 1 amide bonds. The van der Waals surface area contributed by atoms with E-state index in [2.05, 4.69) is 39.9 Å². The molecule has 0 bridgehead atoms. The SMILES string of the molecule is C[C@@H]1c2ccccc2CCN1C(=O)c1cc(N2CCCC2)n2nc(-c3ccc(Br)cc3F)cc2n1. The van der Waals surface area contributed by atoms with E-state index in [1.807, 2.05) is 23.1 Å². The molecule has 1 fully saturated rings. The molecule has 0 N–H and O–H groups in total. The second-order valence-electron chi connectivity index (χ2n) is 9.24. The van der Waals surface area contributed by atoms with Crippen molar-refractivity contribution in [2.24, 2.45) is 0 Å². The largest absolute Gasteiger partial charge is 0.356 e. The number of aromatic nitrogens is 3. The van der Waals surface area contributed by atoms with E-state index in [-0.39, 0.29) is 17.8 Å². The number of carbonyl (C=O) groups is 1. The van der Waals surface area contributed by atoms with Gasteiger partial charge in [0.15, 0.2) is 5.65 Å². The van der Waals surface area contributed by atoms with Gasteiger partial charge in [-0.1, -0.05) is 40.2 Å². The molecule has 0 aliphatic carbocycles. The summed E-state index contributed by atoms with van der Waals surface area (Å²) in [5.41, 5.74) is 4.31. The van der Waals surface area contributed by atoms with Crippen LogP contribution < -0.4 is 4.90 Å². The summed E-state index contributed by atoms with van der Waals surface area (Å²) in [5, 5.41) is 4.71. The van der Waals surface area contributed by atoms with E-state index in [1.54, 1.807) is 22.7 Å². The molecule has 2 aliphatic rings. The third kappa shape index (κ3) is 3.89. The average Bonchev–Trinajstić information content (AvgIpc) is 3.54. The van der Waals surface area contributed by atoms with Gasteiger partial charge in [-0.2, -0.15) is 9.61 Å². The maximum absolute atomic E-state index is 14.7. The molecule has 4 aromatic rings. The van der Waals surface area contributed by atoms with Crippen molar-refractivity contribution < 1.29 is 9.18 Å². The Kier molecular flexibility index (Phi) is 5.56. The van der Waals surface area contributed by atoms with Crippen LogP contribution in [0.2, 0.25) is 0 Å². The number of nitrogens with zero attached hydrogens (tertiary/aromatic N) is 5. The Morgan fingerprint density at radius 1 is 1.06 bits per heavy atom. The van der Waals surface area contributed by atoms with Crippen molar-refractivity contribution in [1.29, 1.82) is 0 Å². The molecule has 1 saturated heterocycles. The molecule has 0 unspecified atom stereocenters. The molecule has 2 aromatic heterocycles. The van der Waals surface area contributed by atoms with Gasteiger partial charge in [0, 0.05) is 41.8 Å². The summed E-state index contributed by atoms with van der Waals surface area (Å²) in [7, 11) is 0. The molecule has 178 valence electrons. The van der Waals surface area contributed by atoms with Gasteiger partial charge in [-0.25, -0.2) is 9.37 Å². The lowest BCUT2D eigenvalue weighted by molar-refractivity contribution is 0.0672. The molecule has 6 rings (SSSR count). The summed E-state index contributed by atoms with van der Waals surface area (Å²) in [4.78, 5) is 22.6. The number of hydrogen-bond donors (Lipinski definition) is 0. The molecule has 8 heteroatoms. The Bertz CT molecular complexity index is 1450. The highest BCUT2D eigenvalue weighted by Crippen LogP contribution is 2.32. The van der Waals surface area contributed by atoms with Crippen LogP contribution in [0.5, 0.6) is 0 Å². The molecular formula is C27H25BrFN5O. The van der Waals surface area contributed by atoms with E-state index < -0.39 is 0 Å². The number of rotatable bonds is 3. The smallest absolute Gasteiger partial charge is 0.273 e. The fraction of sp³-hybridized carbons (Fsp3) is 0.296. The zero-order valence-electron chi connectivity index (χ0n) is 19.4. The lowest BCUT2D eigenvalue weighted by Gasteiger charge is -2.35. The molecule has 4 heterocycles. The first kappa shape index (κ1) is 22.2. The van der Waals surface area contributed by atoms with Crippen LogP contribution in [0.3, 0.4) is 0 Å². The third-order valence-electron chi connectivity index (χ3n) is 7.12. The van der Waals surface area contributed by atoms with Crippen LogP contribution >= 0.6 is 15.9 Å². The van der Waals surface area contributed by atoms with E-state index >= 15 is 0 Å². The molecule has 0 radical (unpaired) electrons. The summed E-state index contributed by atoms with van der Waals surface area (Å²) in [6.07, 6.45) is 3.00. The Hall–Kier alpha value is -3.26. The van der Waals surface area contributed by atoms with Crippen molar-refractivity contribution in [3.63, 3.8) is 0 Å². The Labute approximate surface area is 211 Å². The molecule has 2 aromatic carbocycles. The zero-order valence-corrected chi connectivity index (χ0v) is 21.0. The van der Waals surface area contributed by atoms with Gasteiger partial charge >= 0.3 is 0 Å². The van der Waals surface area contributed by atoms with Crippen LogP contribution in [-0.2, 0) is 6.42 Å². The summed E-state index contributed by atoms with van der Waals surface area (Å²) < 4.78 is 17.1. The highest BCUT2D eigenvalue weighted by atomic mass is 79.9. The standard InChI is InChI=1S/C27H25BrFN5O/c1-17-20-7-3-2-6-18(20)10-13-33(17)27(35)24-16-26(32-11-4-5-12-32)34-25(30-24)15-23(31-34)21-9-8-19(28)14-22(21)29/h2-3,6-9,14-17H,4-5,10-13H2,1H3/t17-/m1/s1. The predicted octanol–water partition coefficient (Wildman–Crippen LogP) is 5.66. The van der Waals surface area contributed by atoms with E-state index in [4.69, 9.17) is 10.1 Å². The number of carbonyl (C=O) groups excluding carboxylic acids is 1. The second-order valence-corrected chi connectivity index (χ2v) is 10.2. The quantitative estimate of drug-likeness (QED) is 0.341. The number of amides is 1. The number of benzene rings is 2. The first-order valence-corrected chi connectivity index (χ1v) is 12.8. The van der Waals surface area contributed by atoms with Gasteiger partial charge < -0.3 is 9.80 Å². The predicted molar refractivity (Wildman–Crippen MR) is 137 cm³/mol. The van der Waals surface area contributed by atoms with Gasteiger partial charge in [0.1, 0.15) is 17.3 Å². The fourth-order valence-electron chi connectivity index (χ4n) is 5.26. The van der Waals surface area contributed by atoms with Crippen LogP contribution in [0.15, 0.2) is 59.1 Å². The minimum absolute atomic E-state index is 0.0296. The van der Waals surface area contributed by atoms with Gasteiger partial charge in [0.05, 0.1) is 11.7 Å². The molecule has 35 heavy (non-hydrogen) atoms. The fourth-order valence-corrected chi connectivity index (χ4v) is 5.60. The number of fused-ring (bicyclic) bond motifs is 2. The van der Waals surface area contributed by atoms with Gasteiger partial charge in [-0.3, -0.25) is 4.79 Å². The van der Waals surface area contributed by atoms with Gasteiger partial charge in [0.2, 0.25) is 0 Å². The van der Waals surface area contributed by atoms with Crippen LogP contribution in [0.4, 0.5) is 10.2 Å². The highest BCUT2D eigenvalue weighted by molar-refractivity contribution is 9.10. The van der Waals surface area contributed by atoms with Crippen molar-refractivity contribution in [2.75, 3.05) is 24.5 Å². The van der Waals surface area contributed by atoms with Crippen LogP contribution in [0.25, 0.3) is 16.9 Å². The summed E-state index contributed by atoms with van der Waals surface area (Å²) >= 11 is 3.31. The Balaban J connectivity index is 1.44. The van der Waals surface area contributed by atoms with Gasteiger partial charge in [-0.05, 0) is 55.5 Å². The molecule has 0 spiro atoms. The van der Waals surface area contributed by atoms with Crippen molar-refractivity contribution in [3.05, 3.63) is 81.7 Å². The van der Waals surface area contributed by atoms with Crippen LogP contribution in [-0.4, -0.2) is 45.0 Å². The summed E-state index contributed by atoms with van der Waals surface area (Å²) in [5.74, 6) is 0.375. The van der Waals surface area contributed by atoms with Gasteiger partial charge in [0.25, 0.3) is 5.91 Å². The molecular weight excluding hydrogens is 509 g/mol. The second kappa shape index (κ2) is 8.75. The summed E-state index contributed by atoms with van der Waals surface area (Å²) in [6.45, 7) is 4.50. The van der Waals surface area contributed by atoms with Crippen molar-refractivity contribution in [2.45, 2.75) is 32.2 Å². The molecule has 2 aliphatic heterocycles. The average molecular weight is 534 g/mol. The Morgan fingerprint density at radius 2 is 1.86 bits per heavy atom. The maximum Gasteiger partial charge on any atom is 0.273 e. The monoisotopic (exact) mass is 533 g/mol. The highest BCUT2D eigenvalue weighted by Gasteiger charge is 2.30. The van der Waals surface area contributed by atoms with Crippen molar-refractivity contribution in [3.8, 4) is 11.3 Å². The van der Waals surface area contributed by atoms with Crippen molar-refractivity contribution >= 4 is 33.3 Å². The minimum atomic E-state index is -0.359. The first-order valence-electron chi connectivity index (χ1n) is 12.0. The van der Waals surface area contributed by atoms with E-state index in [1.165, 1.54) is 17.2 Å². The molecule has 0 saturated carbocycles. The zero-order chi connectivity index (χ0) is 24.1. The third-order valence-corrected chi connectivity index (χ3v) is 7.61. The van der Waals surface area contributed by atoms with Gasteiger partial charge in [-0.15, -0.1) is 0 Å². The number of anilines is 1. The first-order chi connectivity index (χ1) is 17.0. The normalized spacial score (nSPS) is 17.7. The van der Waals surface area contributed by atoms with Crippen LogP contribution in [0, 0.1) is 5.82 Å². The van der Waals surface area contributed by atoms with E-state index in [0.29, 0.717) is 33.6 Å². The molecule has 1 atom stereocenters. The molecule has 6 nitrogen and oxygen atoms in total. The van der Waals surface area contributed by atoms with Crippen molar-refractivity contribution in [1.82, 2.24) is 19.5 Å². The topological polar surface area (TPSA) is 53.7 Å². The summed E-state index contributed by atoms with van der Waals surface area (Å²) in [6, 6.07) is 16.8. The van der Waals surface area contributed by atoms with E-state index in [9.17, 15) is 9.18 Å². The Morgan fingerprint density at radius 3 is 2.66 bits per heavy atom. The minimum Gasteiger partial charge on any atom is -0.356 e. The van der Waals surface area contributed by atoms with Crippen LogP contribution in [0.1, 0.15) is 47.4 Å².